The van der Waals surface area contributed by atoms with E-state index in [0.717, 1.165) is 6.42 Å². The van der Waals surface area contributed by atoms with Gasteiger partial charge in [0.05, 0.1) is 12.0 Å². The van der Waals surface area contributed by atoms with Gasteiger partial charge in [-0.15, -0.1) is 11.6 Å². The van der Waals surface area contributed by atoms with Gasteiger partial charge in [-0.25, -0.2) is 0 Å². The van der Waals surface area contributed by atoms with Crippen LogP contribution in [0.5, 0.6) is 0 Å². The van der Waals surface area contributed by atoms with Gasteiger partial charge in [0.25, 0.3) is 0 Å². The lowest BCUT2D eigenvalue weighted by Gasteiger charge is -2.20. The highest BCUT2D eigenvalue weighted by molar-refractivity contribution is 6.21. The molecule has 1 atom stereocenters. The van der Waals surface area contributed by atoms with Crippen LogP contribution in [0.1, 0.15) is 17.5 Å². The molecule has 4 heteroatoms. The molecule has 1 aromatic carbocycles. The maximum Gasteiger partial charge on any atom is 0.222 e. The number of aryl methyl sites for hydroxylation is 2. The van der Waals surface area contributed by atoms with E-state index in [-0.39, 0.29) is 11.3 Å². The predicted octanol–water partition coefficient (Wildman–Crippen LogP) is 2.64. The first-order valence-corrected chi connectivity index (χ1v) is 6.89. The second kappa shape index (κ2) is 8.18. The molecule has 19 heavy (non-hydrogen) atoms. The van der Waals surface area contributed by atoms with E-state index in [4.69, 9.17) is 16.3 Å². The standard InChI is InChI=1S/C15H22ClNO2/c1-12-5-4-6-13(9-12)7-8-15(18)17(2)10-14(16)11-19-3/h4-6,9,14H,7-8,10-11H2,1-3H3. The van der Waals surface area contributed by atoms with Gasteiger partial charge in [-0.2, -0.15) is 0 Å². The zero-order chi connectivity index (χ0) is 14.3. The number of alkyl halides is 1. The highest BCUT2D eigenvalue weighted by Gasteiger charge is 2.13. The summed E-state index contributed by atoms with van der Waals surface area (Å²) in [5, 5.41) is -0.155. The highest BCUT2D eigenvalue weighted by atomic mass is 35.5. The fourth-order valence-corrected chi connectivity index (χ4v) is 2.28. The Morgan fingerprint density at radius 2 is 2.21 bits per heavy atom. The van der Waals surface area contributed by atoms with E-state index >= 15 is 0 Å². The van der Waals surface area contributed by atoms with E-state index in [1.54, 1.807) is 19.1 Å². The molecule has 0 radical (unpaired) electrons. The average Bonchev–Trinajstić information content (AvgIpc) is 2.36. The summed E-state index contributed by atoms with van der Waals surface area (Å²) in [6.45, 7) is 3.03. The molecular weight excluding hydrogens is 262 g/mol. The molecular formula is C15H22ClNO2. The normalized spacial score (nSPS) is 12.2. The summed E-state index contributed by atoms with van der Waals surface area (Å²) >= 11 is 6.04. The lowest BCUT2D eigenvalue weighted by Crippen LogP contribution is -2.34. The first-order valence-electron chi connectivity index (χ1n) is 6.45. The maximum absolute atomic E-state index is 12.0. The summed E-state index contributed by atoms with van der Waals surface area (Å²) in [5.74, 6) is 0.114. The highest BCUT2D eigenvalue weighted by Crippen LogP contribution is 2.08. The van der Waals surface area contributed by atoms with Crippen molar-refractivity contribution in [3.8, 4) is 0 Å². The lowest BCUT2D eigenvalue weighted by molar-refractivity contribution is -0.129. The SMILES string of the molecule is COCC(Cl)CN(C)C(=O)CCc1cccc(C)c1. The molecule has 0 aliphatic carbocycles. The molecule has 1 rings (SSSR count). The van der Waals surface area contributed by atoms with Crippen LogP contribution in [0.3, 0.4) is 0 Å². The average molecular weight is 284 g/mol. The predicted molar refractivity (Wildman–Crippen MR) is 78.7 cm³/mol. The molecule has 0 aromatic heterocycles. The quantitative estimate of drug-likeness (QED) is 0.720. The minimum Gasteiger partial charge on any atom is -0.383 e. The summed E-state index contributed by atoms with van der Waals surface area (Å²) < 4.78 is 4.96. The molecule has 0 spiro atoms. The third kappa shape index (κ3) is 6.08. The number of methoxy groups -OCH3 is 1. The number of carbonyl (C=O) groups is 1. The molecule has 0 heterocycles. The largest absolute Gasteiger partial charge is 0.383 e. The van der Waals surface area contributed by atoms with Crippen molar-refractivity contribution >= 4 is 17.5 Å². The molecule has 0 aliphatic rings. The van der Waals surface area contributed by atoms with Crippen LogP contribution in [0.15, 0.2) is 24.3 Å². The number of ether oxygens (including phenoxy) is 1. The van der Waals surface area contributed by atoms with Crippen molar-refractivity contribution in [2.75, 3.05) is 27.3 Å². The lowest BCUT2D eigenvalue weighted by atomic mass is 10.1. The van der Waals surface area contributed by atoms with Crippen LogP contribution < -0.4 is 0 Å². The van der Waals surface area contributed by atoms with Crippen LogP contribution in [0.2, 0.25) is 0 Å². The van der Waals surface area contributed by atoms with Gasteiger partial charge in [-0.3, -0.25) is 4.79 Å². The number of benzene rings is 1. The Hall–Kier alpha value is -1.06. The van der Waals surface area contributed by atoms with Gasteiger partial charge in [0.2, 0.25) is 5.91 Å². The van der Waals surface area contributed by atoms with Crippen molar-refractivity contribution in [3.05, 3.63) is 35.4 Å². The van der Waals surface area contributed by atoms with E-state index in [1.807, 2.05) is 6.07 Å². The van der Waals surface area contributed by atoms with E-state index in [2.05, 4.69) is 25.1 Å². The zero-order valence-corrected chi connectivity index (χ0v) is 12.6. The number of rotatable bonds is 7. The Morgan fingerprint density at radius 1 is 1.47 bits per heavy atom. The van der Waals surface area contributed by atoms with Crippen molar-refractivity contribution in [2.24, 2.45) is 0 Å². The van der Waals surface area contributed by atoms with Gasteiger partial charge in [-0.05, 0) is 18.9 Å². The second-order valence-corrected chi connectivity index (χ2v) is 5.43. The Bertz CT molecular complexity index is 409. The molecule has 1 amide bonds. The smallest absolute Gasteiger partial charge is 0.222 e. The Labute approximate surface area is 120 Å². The van der Waals surface area contributed by atoms with Crippen LogP contribution in [0.25, 0.3) is 0 Å². The van der Waals surface area contributed by atoms with Gasteiger partial charge in [0, 0.05) is 27.1 Å². The Balaban J connectivity index is 2.38. The van der Waals surface area contributed by atoms with E-state index in [1.165, 1.54) is 11.1 Å². The molecule has 0 N–H and O–H groups in total. The van der Waals surface area contributed by atoms with Crippen LogP contribution in [-0.2, 0) is 16.0 Å². The summed E-state index contributed by atoms with van der Waals surface area (Å²) in [5.41, 5.74) is 2.42. The van der Waals surface area contributed by atoms with E-state index < -0.39 is 0 Å². The minimum absolute atomic E-state index is 0.114. The molecule has 3 nitrogen and oxygen atoms in total. The molecule has 106 valence electrons. The molecule has 0 bridgehead atoms. The molecule has 0 saturated heterocycles. The van der Waals surface area contributed by atoms with Crippen molar-refractivity contribution in [2.45, 2.75) is 25.1 Å². The van der Waals surface area contributed by atoms with Crippen LogP contribution in [0.4, 0.5) is 0 Å². The molecule has 0 aliphatic heterocycles. The first kappa shape index (κ1) is 16.0. The van der Waals surface area contributed by atoms with Gasteiger partial charge < -0.3 is 9.64 Å². The summed E-state index contributed by atoms with van der Waals surface area (Å²) in [6.07, 6.45) is 1.28. The topological polar surface area (TPSA) is 29.5 Å². The third-order valence-corrected chi connectivity index (χ3v) is 3.22. The number of halogens is 1. The monoisotopic (exact) mass is 283 g/mol. The number of hydrogen-bond donors (Lipinski definition) is 0. The van der Waals surface area contributed by atoms with Gasteiger partial charge in [0.15, 0.2) is 0 Å². The van der Waals surface area contributed by atoms with Crippen molar-refractivity contribution in [1.29, 1.82) is 0 Å². The summed E-state index contributed by atoms with van der Waals surface area (Å²) in [4.78, 5) is 13.6. The minimum atomic E-state index is -0.155. The van der Waals surface area contributed by atoms with Crippen LogP contribution in [-0.4, -0.2) is 43.5 Å². The summed E-state index contributed by atoms with van der Waals surface area (Å²) in [6, 6.07) is 8.24. The first-order chi connectivity index (χ1) is 9.02. The van der Waals surface area contributed by atoms with Crippen molar-refractivity contribution < 1.29 is 9.53 Å². The number of amides is 1. The van der Waals surface area contributed by atoms with E-state index in [0.29, 0.717) is 19.6 Å². The maximum atomic E-state index is 12.0. The fraction of sp³-hybridized carbons (Fsp3) is 0.533. The number of carbonyl (C=O) groups excluding carboxylic acids is 1. The summed E-state index contributed by atoms with van der Waals surface area (Å²) in [7, 11) is 3.39. The molecule has 1 unspecified atom stereocenters. The van der Waals surface area contributed by atoms with Crippen LogP contribution >= 0.6 is 11.6 Å². The Morgan fingerprint density at radius 3 is 2.84 bits per heavy atom. The second-order valence-electron chi connectivity index (χ2n) is 4.82. The number of hydrogen-bond acceptors (Lipinski definition) is 2. The third-order valence-electron chi connectivity index (χ3n) is 2.96. The van der Waals surface area contributed by atoms with Gasteiger partial charge >= 0.3 is 0 Å². The van der Waals surface area contributed by atoms with E-state index in [9.17, 15) is 4.79 Å². The van der Waals surface area contributed by atoms with Gasteiger partial charge in [-0.1, -0.05) is 29.8 Å². The van der Waals surface area contributed by atoms with Gasteiger partial charge in [0.1, 0.15) is 0 Å². The molecule has 0 saturated carbocycles. The van der Waals surface area contributed by atoms with Crippen molar-refractivity contribution in [3.63, 3.8) is 0 Å². The molecule has 1 aromatic rings. The molecule has 0 fully saturated rings. The van der Waals surface area contributed by atoms with Crippen molar-refractivity contribution in [1.82, 2.24) is 4.90 Å². The van der Waals surface area contributed by atoms with Crippen LogP contribution in [0, 0.1) is 6.92 Å². The number of nitrogens with zero attached hydrogens (tertiary/aromatic N) is 1. The fourth-order valence-electron chi connectivity index (χ4n) is 1.94. The zero-order valence-electron chi connectivity index (χ0n) is 11.9. The Kier molecular flexibility index (Phi) is 6.89.